The molecule has 0 aliphatic rings. The minimum atomic E-state index is -0.511. The number of aryl methyl sites for hydroxylation is 1. The predicted octanol–water partition coefficient (Wildman–Crippen LogP) is 3.80. The zero-order valence-corrected chi connectivity index (χ0v) is 15.6. The lowest BCUT2D eigenvalue weighted by molar-refractivity contribution is 0.0528. The molecule has 2 heterocycles. The molecule has 26 heavy (non-hydrogen) atoms. The Hall–Kier alpha value is -2.89. The monoisotopic (exact) mass is 352 g/mol. The molecule has 1 amide bonds. The zero-order valence-electron chi connectivity index (χ0n) is 15.6. The van der Waals surface area contributed by atoms with Crippen LogP contribution in [0.2, 0.25) is 0 Å². The normalized spacial score (nSPS) is 11.5. The molecule has 0 spiro atoms. The van der Waals surface area contributed by atoms with Crippen LogP contribution >= 0.6 is 0 Å². The summed E-state index contributed by atoms with van der Waals surface area (Å²) in [6, 6.07) is 12.0. The molecule has 0 unspecified atom stereocenters. The number of fused-ring (bicyclic) bond motifs is 1. The quantitative estimate of drug-likeness (QED) is 0.775. The van der Waals surface area contributed by atoms with Gasteiger partial charge in [0.1, 0.15) is 16.9 Å². The van der Waals surface area contributed by atoms with Gasteiger partial charge in [-0.1, -0.05) is 12.1 Å². The Balaban J connectivity index is 1.84. The maximum absolute atomic E-state index is 11.8. The Morgan fingerprint density at radius 2 is 2.04 bits per heavy atom. The van der Waals surface area contributed by atoms with Gasteiger partial charge in [0, 0.05) is 24.8 Å². The number of alkyl carbamates (subject to hydrolysis) is 1. The molecule has 3 rings (SSSR count). The summed E-state index contributed by atoms with van der Waals surface area (Å²) in [5.41, 5.74) is 3.31. The number of aromatic nitrogens is 3. The van der Waals surface area contributed by atoms with E-state index in [2.05, 4.69) is 29.4 Å². The number of nitrogens with zero attached hydrogens (tertiary/aromatic N) is 3. The number of nitrogens with one attached hydrogen (secondary N) is 1. The molecule has 6 heteroatoms. The minimum absolute atomic E-state index is 0.422. The molecule has 0 atom stereocenters. The topological polar surface area (TPSA) is 69.0 Å². The number of hydrogen-bond acceptors (Lipinski definition) is 4. The highest BCUT2D eigenvalue weighted by Crippen LogP contribution is 2.20. The molecule has 0 fully saturated rings. The van der Waals surface area contributed by atoms with Gasteiger partial charge in [-0.3, -0.25) is 4.57 Å². The first-order valence-electron chi connectivity index (χ1n) is 8.70. The first-order chi connectivity index (χ1) is 12.3. The van der Waals surface area contributed by atoms with E-state index in [-0.39, 0.29) is 0 Å². The molecule has 3 aromatic rings. The molecule has 0 radical (unpaired) electrons. The molecule has 6 nitrogen and oxygen atoms in total. The number of pyridine rings is 1. The Morgan fingerprint density at radius 3 is 2.77 bits per heavy atom. The lowest BCUT2D eigenvalue weighted by Gasteiger charge is -2.19. The maximum atomic E-state index is 11.8. The molecular formula is C20H24N4O2. The summed E-state index contributed by atoms with van der Waals surface area (Å²) in [6.07, 6.45) is 1.91. The van der Waals surface area contributed by atoms with E-state index in [1.165, 1.54) is 0 Å². The molecule has 136 valence electrons. The molecule has 0 bridgehead atoms. The van der Waals surface area contributed by atoms with E-state index in [1.54, 1.807) is 6.20 Å². The Morgan fingerprint density at radius 1 is 1.23 bits per heavy atom. The van der Waals surface area contributed by atoms with Crippen molar-refractivity contribution < 1.29 is 9.53 Å². The molecule has 1 aromatic carbocycles. The van der Waals surface area contributed by atoms with Crippen LogP contribution in [0.1, 0.15) is 32.2 Å². The summed E-state index contributed by atoms with van der Waals surface area (Å²) in [7, 11) is 0. The summed E-state index contributed by atoms with van der Waals surface area (Å²) >= 11 is 0. The van der Waals surface area contributed by atoms with Gasteiger partial charge in [0.2, 0.25) is 0 Å². The molecule has 0 aliphatic carbocycles. The Labute approximate surface area is 153 Å². The lowest BCUT2D eigenvalue weighted by atomic mass is 10.2. The van der Waals surface area contributed by atoms with Crippen molar-refractivity contribution in [3.63, 3.8) is 0 Å². The van der Waals surface area contributed by atoms with Gasteiger partial charge in [0.15, 0.2) is 5.65 Å². The summed E-state index contributed by atoms with van der Waals surface area (Å²) < 4.78 is 7.32. The summed E-state index contributed by atoms with van der Waals surface area (Å²) in [5, 5.41) is 2.79. The average molecular weight is 352 g/mol. The van der Waals surface area contributed by atoms with Crippen molar-refractivity contribution >= 4 is 17.3 Å². The number of ether oxygens (including phenoxy) is 1. The number of hydrogen-bond donors (Lipinski definition) is 1. The maximum Gasteiger partial charge on any atom is 0.407 e. The SMILES string of the molecule is Cc1cccc(-n2c(CCNC(=O)OC(C)(C)C)nc3cccnc32)c1. The van der Waals surface area contributed by atoms with E-state index in [9.17, 15) is 4.79 Å². The van der Waals surface area contributed by atoms with Crippen LogP contribution in [0.25, 0.3) is 16.9 Å². The van der Waals surface area contributed by atoms with Crippen LogP contribution in [0, 0.1) is 6.92 Å². The van der Waals surface area contributed by atoms with Gasteiger partial charge < -0.3 is 10.1 Å². The van der Waals surface area contributed by atoms with Crippen LogP contribution in [0.15, 0.2) is 42.6 Å². The van der Waals surface area contributed by atoms with Crippen molar-refractivity contribution in [1.82, 2.24) is 19.9 Å². The van der Waals surface area contributed by atoms with Gasteiger partial charge in [-0.05, 0) is 57.5 Å². The number of imidazole rings is 1. The van der Waals surface area contributed by atoms with Gasteiger partial charge >= 0.3 is 6.09 Å². The fourth-order valence-corrected chi connectivity index (χ4v) is 2.76. The summed E-state index contributed by atoms with van der Waals surface area (Å²) in [5.74, 6) is 0.848. The molecule has 0 aliphatic heterocycles. The predicted molar refractivity (Wildman–Crippen MR) is 102 cm³/mol. The van der Waals surface area contributed by atoms with Crippen molar-refractivity contribution in [1.29, 1.82) is 0 Å². The van der Waals surface area contributed by atoms with Crippen LogP contribution in [0.3, 0.4) is 0 Å². The van der Waals surface area contributed by atoms with Gasteiger partial charge in [-0.15, -0.1) is 0 Å². The number of carbonyl (C=O) groups excluding carboxylic acids is 1. The van der Waals surface area contributed by atoms with E-state index in [0.29, 0.717) is 13.0 Å². The first kappa shape index (κ1) is 17.9. The zero-order chi connectivity index (χ0) is 18.7. The van der Waals surface area contributed by atoms with Crippen molar-refractivity contribution in [2.75, 3.05) is 6.54 Å². The van der Waals surface area contributed by atoms with Crippen molar-refractivity contribution in [2.24, 2.45) is 0 Å². The number of rotatable bonds is 4. The van der Waals surface area contributed by atoms with Crippen LogP contribution in [0.5, 0.6) is 0 Å². The lowest BCUT2D eigenvalue weighted by Crippen LogP contribution is -2.33. The second-order valence-corrected chi connectivity index (χ2v) is 7.23. The smallest absolute Gasteiger partial charge is 0.407 e. The van der Waals surface area contributed by atoms with E-state index in [4.69, 9.17) is 9.72 Å². The van der Waals surface area contributed by atoms with E-state index in [1.807, 2.05) is 49.6 Å². The van der Waals surface area contributed by atoms with E-state index in [0.717, 1.165) is 28.2 Å². The van der Waals surface area contributed by atoms with E-state index >= 15 is 0 Å². The van der Waals surface area contributed by atoms with Gasteiger partial charge in [-0.25, -0.2) is 14.8 Å². The highest BCUT2D eigenvalue weighted by Gasteiger charge is 2.17. The molecule has 0 saturated heterocycles. The van der Waals surface area contributed by atoms with Gasteiger partial charge in [0.05, 0.1) is 0 Å². The Kier molecular flexibility index (Phi) is 4.93. The van der Waals surface area contributed by atoms with Gasteiger partial charge in [0.25, 0.3) is 0 Å². The minimum Gasteiger partial charge on any atom is -0.444 e. The van der Waals surface area contributed by atoms with Crippen LogP contribution in [-0.2, 0) is 11.2 Å². The average Bonchev–Trinajstić information content (AvgIpc) is 2.91. The third kappa shape index (κ3) is 4.20. The summed E-state index contributed by atoms with van der Waals surface area (Å²) in [6.45, 7) is 8.02. The Bertz CT molecular complexity index is 925. The van der Waals surface area contributed by atoms with Crippen LogP contribution in [-0.4, -0.2) is 32.8 Å². The third-order valence-corrected chi connectivity index (χ3v) is 3.76. The number of benzene rings is 1. The highest BCUT2D eigenvalue weighted by molar-refractivity contribution is 5.74. The van der Waals surface area contributed by atoms with Crippen molar-refractivity contribution in [3.8, 4) is 5.69 Å². The molecule has 2 aromatic heterocycles. The second-order valence-electron chi connectivity index (χ2n) is 7.23. The van der Waals surface area contributed by atoms with Crippen molar-refractivity contribution in [2.45, 2.75) is 39.7 Å². The summed E-state index contributed by atoms with van der Waals surface area (Å²) in [4.78, 5) is 21.0. The molecule has 0 saturated carbocycles. The molecular weight excluding hydrogens is 328 g/mol. The number of amides is 1. The van der Waals surface area contributed by atoms with Crippen molar-refractivity contribution in [3.05, 3.63) is 54.0 Å². The highest BCUT2D eigenvalue weighted by atomic mass is 16.6. The first-order valence-corrected chi connectivity index (χ1v) is 8.70. The van der Waals surface area contributed by atoms with Crippen LogP contribution in [0.4, 0.5) is 4.79 Å². The largest absolute Gasteiger partial charge is 0.444 e. The standard InChI is InChI=1S/C20H24N4O2/c1-14-7-5-8-15(13-14)24-17(23-16-9-6-11-21-18(16)24)10-12-22-19(25)26-20(2,3)4/h5-9,11,13H,10,12H2,1-4H3,(H,22,25). The third-order valence-electron chi connectivity index (χ3n) is 3.76. The second kappa shape index (κ2) is 7.15. The fourth-order valence-electron chi connectivity index (χ4n) is 2.76. The fraction of sp³-hybridized carbons (Fsp3) is 0.350. The number of carbonyl (C=O) groups is 1. The van der Waals surface area contributed by atoms with E-state index < -0.39 is 11.7 Å². The van der Waals surface area contributed by atoms with Crippen LogP contribution < -0.4 is 5.32 Å². The molecule has 1 N–H and O–H groups in total. The van der Waals surface area contributed by atoms with Gasteiger partial charge in [-0.2, -0.15) is 0 Å².